The van der Waals surface area contributed by atoms with E-state index in [1.54, 1.807) is 27.7 Å². The lowest BCUT2D eigenvalue weighted by Crippen LogP contribution is -2.60. The fraction of sp³-hybridized carbons (Fsp3) is 0.759. The van der Waals surface area contributed by atoms with Crippen molar-refractivity contribution in [1.82, 2.24) is 19.6 Å². The van der Waals surface area contributed by atoms with Crippen LogP contribution in [0.15, 0.2) is 11.8 Å². The second kappa shape index (κ2) is 13.4. The third-order valence-electron chi connectivity index (χ3n) is 8.31. The predicted octanol–water partition coefficient (Wildman–Crippen LogP) is 4.40. The van der Waals surface area contributed by atoms with Crippen molar-refractivity contribution in [3.63, 3.8) is 0 Å². The first-order valence-electron chi connectivity index (χ1n) is 15.1. The number of alkyl carbamates (subject to hydrolysis) is 1. The zero-order chi connectivity index (χ0) is 34.2. The Balaban J connectivity index is 1.96. The van der Waals surface area contributed by atoms with Gasteiger partial charge in [0.2, 0.25) is 16.0 Å². The second-order valence-electron chi connectivity index (χ2n) is 14.7. The number of sulfonamides is 1. The number of nitrogens with zero attached hydrogens (tertiary/aromatic N) is 4. The van der Waals surface area contributed by atoms with Crippen molar-refractivity contribution in [3.05, 3.63) is 17.3 Å². The molecule has 1 amide bonds. The minimum atomic E-state index is -3.29. The van der Waals surface area contributed by atoms with Crippen molar-refractivity contribution >= 4 is 42.3 Å². The quantitative estimate of drug-likeness (QED) is 0.305. The van der Waals surface area contributed by atoms with E-state index >= 15 is 0 Å². The average molecular weight is 677 g/mol. The van der Waals surface area contributed by atoms with E-state index in [-0.39, 0.29) is 35.9 Å². The topological polar surface area (TPSA) is 146 Å². The summed E-state index contributed by atoms with van der Waals surface area (Å²) in [5, 5.41) is 17.1. The fourth-order valence-corrected chi connectivity index (χ4v) is 7.56. The number of amides is 1. The van der Waals surface area contributed by atoms with E-state index in [0.717, 1.165) is 0 Å². The van der Waals surface area contributed by atoms with Crippen molar-refractivity contribution in [2.75, 3.05) is 42.7 Å². The second-order valence-corrected chi connectivity index (χ2v) is 21.4. The van der Waals surface area contributed by atoms with E-state index in [0.29, 0.717) is 31.5 Å². The molecule has 1 saturated heterocycles. The highest BCUT2D eigenvalue weighted by atomic mass is 32.2. The summed E-state index contributed by atoms with van der Waals surface area (Å²) in [6, 6.07) is -0.111. The molecule has 3 heterocycles. The van der Waals surface area contributed by atoms with Crippen molar-refractivity contribution in [3.8, 4) is 0 Å². The summed E-state index contributed by atoms with van der Waals surface area (Å²) in [6.07, 6.45) is -0.462. The van der Waals surface area contributed by atoms with Crippen LogP contribution >= 0.6 is 0 Å². The van der Waals surface area contributed by atoms with E-state index < -0.39 is 53.9 Å². The molecule has 3 rings (SSSR count). The monoisotopic (exact) mass is 676 g/mol. The van der Waals surface area contributed by atoms with Gasteiger partial charge in [-0.05, 0) is 64.7 Å². The van der Waals surface area contributed by atoms with E-state index in [4.69, 9.17) is 9.16 Å². The minimum Gasteiger partial charge on any atom is -0.444 e. The van der Waals surface area contributed by atoms with Crippen molar-refractivity contribution in [2.45, 2.75) is 109 Å². The Hall–Kier alpha value is -2.40. The van der Waals surface area contributed by atoms with E-state index in [1.807, 2.05) is 13.1 Å². The number of halogens is 2. The van der Waals surface area contributed by atoms with Gasteiger partial charge >= 0.3 is 6.09 Å². The van der Waals surface area contributed by atoms with Crippen LogP contribution in [0.5, 0.6) is 0 Å². The molecule has 2 aliphatic heterocycles. The molecule has 16 heteroatoms. The van der Waals surface area contributed by atoms with Crippen molar-refractivity contribution < 1.29 is 36.3 Å². The molecule has 2 atom stereocenters. The van der Waals surface area contributed by atoms with Gasteiger partial charge in [0.15, 0.2) is 14.5 Å². The van der Waals surface area contributed by atoms with Gasteiger partial charge in [-0.2, -0.15) is 4.98 Å². The Labute approximate surface area is 267 Å². The van der Waals surface area contributed by atoms with Gasteiger partial charge in [-0.3, -0.25) is 0 Å². The largest absolute Gasteiger partial charge is 0.444 e. The molecule has 2 unspecified atom stereocenters. The van der Waals surface area contributed by atoms with Crippen LogP contribution in [0.2, 0.25) is 18.1 Å². The highest BCUT2D eigenvalue weighted by Crippen LogP contribution is 2.41. The molecule has 0 radical (unpaired) electrons. The van der Waals surface area contributed by atoms with Gasteiger partial charge in [0, 0.05) is 36.5 Å². The Bertz CT molecular complexity index is 1360. The number of fused-ring (bicyclic) bond motifs is 1. The van der Waals surface area contributed by atoms with Crippen molar-refractivity contribution in [1.29, 1.82) is 0 Å². The molecule has 0 aliphatic carbocycles. The number of hydrogen-bond donors (Lipinski definition) is 3. The zero-order valence-corrected chi connectivity index (χ0v) is 29.9. The number of rotatable bonds is 10. The molecule has 0 saturated carbocycles. The number of piperidine rings is 1. The molecule has 0 bridgehead atoms. The van der Waals surface area contributed by atoms with Crippen molar-refractivity contribution in [2.24, 2.45) is 0 Å². The number of anilines is 2. The van der Waals surface area contributed by atoms with Gasteiger partial charge in [-0.15, -0.1) is 0 Å². The summed E-state index contributed by atoms with van der Waals surface area (Å²) < 4.78 is 65.8. The summed E-state index contributed by atoms with van der Waals surface area (Å²) in [6.45, 7) is 17.9. The van der Waals surface area contributed by atoms with Crippen LogP contribution in [0.4, 0.5) is 25.3 Å². The maximum Gasteiger partial charge on any atom is 0.407 e. The molecule has 45 heavy (non-hydrogen) atoms. The van der Waals surface area contributed by atoms with Gasteiger partial charge in [0.25, 0.3) is 6.43 Å². The molecular weight excluding hydrogens is 627 g/mol. The summed E-state index contributed by atoms with van der Waals surface area (Å²) in [5.41, 5.74) is -2.11. The van der Waals surface area contributed by atoms with Crippen LogP contribution in [-0.2, 0) is 19.2 Å². The smallest absolute Gasteiger partial charge is 0.407 e. The molecule has 1 aromatic rings. The standard InChI is InChI=1S/C29H50F2N6O6SSi/c1-27(2,3)42-26(39)33-17-29(7,43-45(9,10)28(4,5)6)18-37-23-19(15-21(22(30)31)24(37)38)16-32-25(35-23)34-20-11-13-36(14-12-20)44(8,40)41/h15-16,20,22,24,38H,11-14,17-18H2,1-10H3,(H,33,39)(H,32,34,35). The third kappa shape index (κ3) is 9.80. The number of alkyl halides is 2. The Morgan fingerprint density at radius 3 is 2.27 bits per heavy atom. The maximum absolute atomic E-state index is 14.2. The number of ether oxygens (including phenoxy) is 1. The highest BCUT2D eigenvalue weighted by Gasteiger charge is 2.46. The Morgan fingerprint density at radius 2 is 1.76 bits per heavy atom. The SMILES string of the molecule is CC(C)(C)OC(=O)NCC(C)(CN1c2nc(NC3CCN(S(C)(=O)=O)CC3)ncc2C=C(C(F)F)C1O)O[Si](C)(C)C(C)(C)C. The number of aliphatic hydroxyl groups excluding tert-OH is 1. The molecule has 12 nitrogen and oxygen atoms in total. The molecule has 1 fully saturated rings. The summed E-state index contributed by atoms with van der Waals surface area (Å²) in [5.74, 6) is 0.442. The van der Waals surface area contributed by atoms with Crippen LogP contribution in [0, 0.1) is 0 Å². The molecule has 1 aromatic heterocycles. The van der Waals surface area contributed by atoms with Gasteiger partial charge in [0.1, 0.15) is 11.4 Å². The molecule has 0 aromatic carbocycles. The van der Waals surface area contributed by atoms with Crippen LogP contribution in [-0.4, -0.2) is 105 Å². The van der Waals surface area contributed by atoms with Gasteiger partial charge < -0.3 is 29.8 Å². The van der Waals surface area contributed by atoms with E-state index in [2.05, 4.69) is 41.4 Å². The number of aromatic nitrogens is 2. The minimum absolute atomic E-state index is 0.0319. The first kappa shape index (κ1) is 37.1. The lowest BCUT2D eigenvalue weighted by molar-refractivity contribution is 0.0357. The number of nitrogens with one attached hydrogen (secondary N) is 2. The van der Waals surface area contributed by atoms with Gasteiger partial charge in [0.05, 0.1) is 24.9 Å². The molecule has 3 N–H and O–H groups in total. The van der Waals surface area contributed by atoms with Crippen LogP contribution in [0.3, 0.4) is 0 Å². The number of aliphatic hydroxyl groups is 1. The van der Waals surface area contributed by atoms with E-state index in [9.17, 15) is 27.1 Å². The summed E-state index contributed by atoms with van der Waals surface area (Å²) in [7, 11) is -5.80. The molecular formula is C29H50F2N6O6SSi. The Kier molecular flexibility index (Phi) is 11.0. The lowest BCUT2D eigenvalue weighted by Gasteiger charge is -2.47. The zero-order valence-electron chi connectivity index (χ0n) is 28.1. The number of hydrogen-bond acceptors (Lipinski definition) is 10. The molecule has 2 aliphatic rings. The highest BCUT2D eigenvalue weighted by molar-refractivity contribution is 7.88. The fourth-order valence-electron chi connectivity index (χ4n) is 5.01. The average Bonchev–Trinajstić information content (AvgIpc) is 2.87. The Morgan fingerprint density at radius 1 is 1.16 bits per heavy atom. The van der Waals surface area contributed by atoms with Gasteiger partial charge in [-0.25, -0.2) is 31.3 Å². The predicted molar refractivity (Wildman–Crippen MR) is 173 cm³/mol. The van der Waals surface area contributed by atoms with Gasteiger partial charge in [-0.1, -0.05) is 20.8 Å². The first-order chi connectivity index (χ1) is 20.4. The summed E-state index contributed by atoms with van der Waals surface area (Å²) in [4.78, 5) is 23.0. The van der Waals surface area contributed by atoms with Crippen LogP contribution in [0.1, 0.15) is 66.9 Å². The third-order valence-corrected chi connectivity index (χ3v) is 14.2. The molecule has 256 valence electrons. The number of carbonyl (C=O) groups excluding carboxylic acids is 1. The first-order valence-corrected chi connectivity index (χ1v) is 19.9. The lowest BCUT2D eigenvalue weighted by atomic mass is 10.0. The molecule has 0 spiro atoms. The number of carbonyl (C=O) groups is 1. The van der Waals surface area contributed by atoms with E-state index in [1.165, 1.54) is 27.7 Å². The normalized spacial score (nSPS) is 20.4. The van der Waals surface area contributed by atoms with Crippen LogP contribution in [0.25, 0.3) is 6.08 Å². The summed E-state index contributed by atoms with van der Waals surface area (Å²) >= 11 is 0. The maximum atomic E-state index is 14.2. The van der Waals surface area contributed by atoms with Crippen LogP contribution < -0.4 is 15.5 Å².